The zero-order valence-corrected chi connectivity index (χ0v) is 11.7. The van der Waals surface area contributed by atoms with Crippen LogP contribution in [0.2, 0.25) is 0 Å². The first kappa shape index (κ1) is 12.1. The molecule has 18 heavy (non-hydrogen) atoms. The first-order chi connectivity index (χ1) is 8.46. The van der Waals surface area contributed by atoms with Crippen molar-refractivity contribution in [1.82, 2.24) is 4.98 Å². The number of anilines is 1. The topological polar surface area (TPSA) is 45.3 Å². The molecule has 1 saturated heterocycles. The SMILES string of the molecule is CC(C)(C)COC1S[C@H]2CC(=O)N2c2c[nH]cc21. The second kappa shape index (κ2) is 4.03. The monoisotopic (exact) mass is 266 g/mol. The predicted octanol–water partition coefficient (Wildman–Crippen LogP) is 2.89. The zero-order valence-electron chi connectivity index (χ0n) is 10.9. The van der Waals surface area contributed by atoms with Crippen molar-refractivity contribution in [1.29, 1.82) is 0 Å². The lowest BCUT2D eigenvalue weighted by Gasteiger charge is -2.45. The van der Waals surface area contributed by atoms with Gasteiger partial charge in [-0.1, -0.05) is 32.5 Å². The minimum absolute atomic E-state index is 0.0415. The Labute approximate surface area is 111 Å². The van der Waals surface area contributed by atoms with Crippen LogP contribution in [0.3, 0.4) is 0 Å². The molecular formula is C13H18N2O2S. The van der Waals surface area contributed by atoms with Gasteiger partial charge in [0.15, 0.2) is 0 Å². The van der Waals surface area contributed by atoms with Crippen molar-refractivity contribution in [3.63, 3.8) is 0 Å². The van der Waals surface area contributed by atoms with Crippen LogP contribution in [0.1, 0.15) is 38.2 Å². The number of nitrogens with one attached hydrogen (secondary N) is 1. The van der Waals surface area contributed by atoms with Crippen LogP contribution in [0.25, 0.3) is 0 Å². The van der Waals surface area contributed by atoms with Gasteiger partial charge in [-0.3, -0.25) is 9.69 Å². The van der Waals surface area contributed by atoms with E-state index in [2.05, 4.69) is 25.8 Å². The summed E-state index contributed by atoms with van der Waals surface area (Å²) in [5, 5.41) is 0.255. The Balaban J connectivity index is 1.80. The maximum Gasteiger partial charge on any atom is 0.230 e. The fraction of sp³-hybridized carbons (Fsp3) is 0.615. The van der Waals surface area contributed by atoms with Gasteiger partial charge in [-0.05, 0) is 5.41 Å². The molecule has 0 saturated carbocycles. The summed E-state index contributed by atoms with van der Waals surface area (Å²) in [5.74, 6) is 0.211. The van der Waals surface area contributed by atoms with E-state index in [0.29, 0.717) is 6.42 Å². The van der Waals surface area contributed by atoms with Crippen LogP contribution in [0.5, 0.6) is 0 Å². The third kappa shape index (κ3) is 1.95. The number of carbonyl (C=O) groups excluding carboxylic acids is 1. The average molecular weight is 266 g/mol. The third-order valence-electron chi connectivity index (χ3n) is 3.12. The summed E-state index contributed by atoms with van der Waals surface area (Å²) in [7, 11) is 0. The summed E-state index contributed by atoms with van der Waals surface area (Å²) in [6.07, 6.45) is 4.47. The molecule has 0 spiro atoms. The number of carbonyl (C=O) groups is 1. The molecule has 4 nitrogen and oxygen atoms in total. The predicted molar refractivity (Wildman–Crippen MR) is 72.4 cm³/mol. The minimum Gasteiger partial charge on any atom is -0.365 e. The van der Waals surface area contributed by atoms with Crippen molar-refractivity contribution >= 4 is 23.4 Å². The van der Waals surface area contributed by atoms with E-state index in [1.54, 1.807) is 11.8 Å². The molecule has 1 aromatic heterocycles. The molecule has 2 aliphatic rings. The molecule has 1 N–H and O–H groups in total. The summed E-state index contributed by atoms with van der Waals surface area (Å²) < 4.78 is 6.03. The minimum atomic E-state index is 0.0415. The molecule has 1 fully saturated rings. The fourth-order valence-corrected chi connectivity index (χ4v) is 3.58. The van der Waals surface area contributed by atoms with Crippen LogP contribution in [0.4, 0.5) is 5.69 Å². The summed E-state index contributed by atoms with van der Waals surface area (Å²) in [4.78, 5) is 16.6. The quantitative estimate of drug-likeness (QED) is 0.837. The van der Waals surface area contributed by atoms with Crippen molar-refractivity contribution in [3.05, 3.63) is 18.0 Å². The van der Waals surface area contributed by atoms with E-state index in [1.807, 2.05) is 17.3 Å². The molecule has 2 atom stereocenters. The van der Waals surface area contributed by atoms with Gasteiger partial charge in [0.05, 0.1) is 24.1 Å². The lowest BCUT2D eigenvalue weighted by molar-refractivity contribution is -0.122. The lowest BCUT2D eigenvalue weighted by Crippen LogP contribution is -2.53. The highest BCUT2D eigenvalue weighted by molar-refractivity contribution is 8.00. The van der Waals surface area contributed by atoms with Gasteiger partial charge in [-0.2, -0.15) is 0 Å². The summed E-state index contributed by atoms with van der Waals surface area (Å²) in [6.45, 7) is 7.21. The van der Waals surface area contributed by atoms with Crippen LogP contribution in [-0.2, 0) is 9.53 Å². The molecule has 1 unspecified atom stereocenters. The van der Waals surface area contributed by atoms with Crippen molar-refractivity contribution in [2.45, 2.75) is 38.0 Å². The van der Waals surface area contributed by atoms with E-state index in [-0.39, 0.29) is 22.1 Å². The molecule has 5 heteroatoms. The first-order valence-corrected chi connectivity index (χ1v) is 7.16. The third-order valence-corrected chi connectivity index (χ3v) is 4.45. The number of ether oxygens (including phenoxy) is 1. The van der Waals surface area contributed by atoms with Crippen LogP contribution < -0.4 is 4.90 Å². The standard InChI is InChI=1S/C13H18N2O2S/c1-13(2,3)7-17-12-8-5-14-6-9(8)15-10(16)4-11(15)18-12/h5-6,11-12,14H,4,7H2,1-3H3/t11-,12?/m0/s1. The highest BCUT2D eigenvalue weighted by Crippen LogP contribution is 2.51. The number of aromatic nitrogens is 1. The Bertz CT molecular complexity index is 478. The maximum absolute atomic E-state index is 11.6. The van der Waals surface area contributed by atoms with Crippen molar-refractivity contribution in [2.24, 2.45) is 5.41 Å². The molecule has 3 heterocycles. The Hall–Kier alpha value is -0.940. The van der Waals surface area contributed by atoms with Crippen LogP contribution in [0.15, 0.2) is 12.4 Å². The molecular weight excluding hydrogens is 248 g/mol. The van der Waals surface area contributed by atoms with E-state index >= 15 is 0 Å². The van der Waals surface area contributed by atoms with Crippen LogP contribution >= 0.6 is 11.8 Å². The Kier molecular flexibility index (Phi) is 2.71. The number of nitrogens with zero attached hydrogens (tertiary/aromatic N) is 1. The second-order valence-corrected chi connectivity index (χ2v) is 7.30. The largest absolute Gasteiger partial charge is 0.365 e. The van der Waals surface area contributed by atoms with Crippen LogP contribution in [0, 0.1) is 5.41 Å². The number of β-lactam (4-membered cyclic amide) rings is 1. The number of amides is 1. The number of thioether (sulfide) groups is 1. The molecule has 1 amide bonds. The van der Waals surface area contributed by atoms with Crippen molar-refractivity contribution < 1.29 is 9.53 Å². The molecule has 3 rings (SSSR count). The molecule has 0 bridgehead atoms. The second-order valence-electron chi connectivity index (χ2n) is 6.06. The number of fused-ring (bicyclic) bond motifs is 3. The number of aromatic amines is 1. The number of hydrogen-bond acceptors (Lipinski definition) is 3. The Morgan fingerprint density at radius 1 is 1.50 bits per heavy atom. The average Bonchev–Trinajstić information content (AvgIpc) is 2.70. The van der Waals surface area contributed by atoms with Gasteiger partial charge in [0.25, 0.3) is 0 Å². The number of H-pyrrole nitrogens is 1. The van der Waals surface area contributed by atoms with Gasteiger partial charge in [-0.15, -0.1) is 0 Å². The summed E-state index contributed by atoms with van der Waals surface area (Å²) in [5.41, 5.74) is 2.28. The van der Waals surface area contributed by atoms with Crippen molar-refractivity contribution in [2.75, 3.05) is 11.5 Å². The highest BCUT2D eigenvalue weighted by Gasteiger charge is 2.45. The zero-order chi connectivity index (χ0) is 12.9. The molecule has 2 aliphatic heterocycles. The first-order valence-electron chi connectivity index (χ1n) is 6.21. The van der Waals surface area contributed by atoms with Gasteiger partial charge in [-0.25, -0.2) is 0 Å². The van der Waals surface area contributed by atoms with E-state index in [9.17, 15) is 4.79 Å². The van der Waals surface area contributed by atoms with E-state index < -0.39 is 0 Å². The molecule has 0 aromatic carbocycles. The van der Waals surface area contributed by atoms with Gasteiger partial charge >= 0.3 is 0 Å². The molecule has 1 aromatic rings. The summed E-state index contributed by atoms with van der Waals surface area (Å²) >= 11 is 1.74. The molecule has 98 valence electrons. The summed E-state index contributed by atoms with van der Waals surface area (Å²) in [6, 6.07) is 0. The lowest BCUT2D eigenvalue weighted by atomic mass is 9.99. The smallest absolute Gasteiger partial charge is 0.230 e. The molecule has 0 radical (unpaired) electrons. The van der Waals surface area contributed by atoms with Gasteiger partial charge in [0.2, 0.25) is 5.91 Å². The highest BCUT2D eigenvalue weighted by atomic mass is 32.2. The Morgan fingerprint density at radius 3 is 2.94 bits per heavy atom. The van der Waals surface area contributed by atoms with E-state index in [4.69, 9.17) is 4.74 Å². The van der Waals surface area contributed by atoms with Gasteiger partial charge in [0.1, 0.15) is 5.44 Å². The Morgan fingerprint density at radius 2 is 2.28 bits per heavy atom. The normalized spacial score (nSPS) is 26.6. The number of hydrogen-bond donors (Lipinski definition) is 1. The number of rotatable bonds is 2. The van der Waals surface area contributed by atoms with Crippen LogP contribution in [-0.4, -0.2) is 22.9 Å². The maximum atomic E-state index is 11.6. The molecule has 0 aliphatic carbocycles. The van der Waals surface area contributed by atoms with Gasteiger partial charge < -0.3 is 9.72 Å². The van der Waals surface area contributed by atoms with Crippen molar-refractivity contribution in [3.8, 4) is 0 Å². The van der Waals surface area contributed by atoms with Gasteiger partial charge in [0, 0.05) is 18.0 Å². The van der Waals surface area contributed by atoms with E-state index in [1.165, 1.54) is 0 Å². The fourth-order valence-electron chi connectivity index (χ4n) is 2.22. The van der Waals surface area contributed by atoms with E-state index in [0.717, 1.165) is 17.9 Å².